The van der Waals surface area contributed by atoms with Crippen LogP contribution in [0.25, 0.3) is 0 Å². The van der Waals surface area contributed by atoms with Crippen LogP contribution in [0.4, 0.5) is 0 Å². The molecule has 1 atom stereocenters. The predicted octanol–water partition coefficient (Wildman–Crippen LogP) is 2.03. The second-order valence-corrected chi connectivity index (χ2v) is 5.72. The molecule has 0 amide bonds. The van der Waals surface area contributed by atoms with Gasteiger partial charge in [0.05, 0.1) is 0 Å². The summed E-state index contributed by atoms with van der Waals surface area (Å²) in [6, 6.07) is 7.65. The van der Waals surface area contributed by atoms with Crippen LogP contribution in [0.1, 0.15) is 25.8 Å². The molecule has 1 fully saturated rings. The van der Waals surface area contributed by atoms with E-state index < -0.39 is 0 Å². The molecule has 0 radical (unpaired) electrons. The summed E-state index contributed by atoms with van der Waals surface area (Å²) in [5.41, 5.74) is 1.34. The van der Waals surface area contributed by atoms with Gasteiger partial charge in [-0.05, 0) is 44.0 Å². The van der Waals surface area contributed by atoms with E-state index in [2.05, 4.69) is 36.2 Å². The summed E-state index contributed by atoms with van der Waals surface area (Å²) in [5.74, 6) is 1.77. The van der Waals surface area contributed by atoms with Gasteiger partial charge in [0, 0.05) is 25.2 Å². The highest BCUT2D eigenvalue weighted by atomic mass is 16.7. The molecule has 0 aromatic heterocycles. The van der Waals surface area contributed by atoms with Crippen molar-refractivity contribution in [3.05, 3.63) is 23.8 Å². The minimum absolute atomic E-state index is 0.355. The van der Waals surface area contributed by atoms with Gasteiger partial charge in [0.15, 0.2) is 11.5 Å². The molecule has 1 unspecified atom stereocenters. The van der Waals surface area contributed by atoms with E-state index >= 15 is 0 Å². The Labute approximate surface area is 121 Å². The molecule has 3 rings (SSSR count). The molecule has 0 bridgehead atoms. The second kappa shape index (κ2) is 6.02. The number of likely N-dealkylation sites (N-methyl/N-ethyl adjacent to an activating group) is 1. The van der Waals surface area contributed by atoms with E-state index in [1.807, 2.05) is 6.07 Å². The van der Waals surface area contributed by atoms with Crippen LogP contribution in [0.3, 0.4) is 0 Å². The number of fused-ring (bicyclic) bond motifs is 1. The summed E-state index contributed by atoms with van der Waals surface area (Å²) in [5, 5.41) is 3.36. The molecule has 0 aliphatic carbocycles. The zero-order chi connectivity index (χ0) is 13.9. The summed E-state index contributed by atoms with van der Waals surface area (Å²) < 4.78 is 10.8. The van der Waals surface area contributed by atoms with E-state index in [1.54, 1.807) is 0 Å². The van der Waals surface area contributed by atoms with Gasteiger partial charge >= 0.3 is 0 Å². The largest absolute Gasteiger partial charge is 0.454 e. The van der Waals surface area contributed by atoms with E-state index in [4.69, 9.17) is 9.47 Å². The summed E-state index contributed by atoms with van der Waals surface area (Å²) in [7, 11) is 0. The Morgan fingerprint density at radius 1 is 1.30 bits per heavy atom. The number of nitrogens with one attached hydrogen (secondary N) is 1. The Hall–Kier alpha value is -1.26. The molecule has 4 heteroatoms. The van der Waals surface area contributed by atoms with Crippen molar-refractivity contribution in [2.24, 2.45) is 0 Å². The molecule has 2 aliphatic heterocycles. The smallest absolute Gasteiger partial charge is 0.231 e. The highest BCUT2D eigenvalue weighted by Crippen LogP contribution is 2.33. The standard InChI is InChI=1S/C16H24N2O2/c1-3-18(14-9-17-10-14)12(2)4-5-13-6-7-15-16(8-13)20-11-19-15/h6-8,12,14,17H,3-5,9-11H2,1-2H3. The monoisotopic (exact) mass is 276 g/mol. The lowest BCUT2D eigenvalue weighted by atomic mass is 10.0. The zero-order valence-corrected chi connectivity index (χ0v) is 12.4. The molecule has 20 heavy (non-hydrogen) atoms. The van der Waals surface area contributed by atoms with Gasteiger partial charge in [-0.3, -0.25) is 4.90 Å². The molecule has 4 nitrogen and oxygen atoms in total. The topological polar surface area (TPSA) is 33.7 Å². The van der Waals surface area contributed by atoms with Crippen LogP contribution >= 0.6 is 0 Å². The number of rotatable bonds is 6. The number of benzene rings is 1. The maximum Gasteiger partial charge on any atom is 0.231 e. The molecular formula is C16H24N2O2. The van der Waals surface area contributed by atoms with Crippen LogP contribution in [0.15, 0.2) is 18.2 Å². The van der Waals surface area contributed by atoms with Gasteiger partial charge in [-0.1, -0.05) is 13.0 Å². The van der Waals surface area contributed by atoms with E-state index in [1.165, 1.54) is 12.0 Å². The van der Waals surface area contributed by atoms with Gasteiger partial charge in [0.1, 0.15) is 0 Å². The lowest BCUT2D eigenvalue weighted by Gasteiger charge is -2.41. The van der Waals surface area contributed by atoms with Crippen LogP contribution in [0.2, 0.25) is 0 Å². The zero-order valence-electron chi connectivity index (χ0n) is 12.4. The Balaban J connectivity index is 1.55. The molecule has 110 valence electrons. The van der Waals surface area contributed by atoms with Crippen molar-refractivity contribution in [1.82, 2.24) is 10.2 Å². The average Bonchev–Trinajstić information content (AvgIpc) is 2.87. The maximum absolute atomic E-state index is 5.44. The van der Waals surface area contributed by atoms with Crippen molar-refractivity contribution < 1.29 is 9.47 Å². The summed E-state index contributed by atoms with van der Waals surface area (Å²) in [6.45, 7) is 8.37. The Kier molecular flexibility index (Phi) is 4.13. The van der Waals surface area contributed by atoms with E-state index in [-0.39, 0.29) is 0 Å². The fraction of sp³-hybridized carbons (Fsp3) is 0.625. The SMILES string of the molecule is CCN(C(C)CCc1ccc2c(c1)OCO2)C1CNC1. The lowest BCUT2D eigenvalue weighted by Crippen LogP contribution is -2.59. The van der Waals surface area contributed by atoms with Gasteiger partial charge in [0.25, 0.3) is 0 Å². The lowest BCUT2D eigenvalue weighted by molar-refractivity contribution is 0.105. The van der Waals surface area contributed by atoms with E-state index in [0.29, 0.717) is 12.8 Å². The van der Waals surface area contributed by atoms with Gasteiger partial charge in [-0.15, -0.1) is 0 Å². The summed E-state index contributed by atoms with van der Waals surface area (Å²) in [6.07, 6.45) is 2.28. The van der Waals surface area contributed by atoms with E-state index in [9.17, 15) is 0 Å². The summed E-state index contributed by atoms with van der Waals surface area (Å²) >= 11 is 0. The molecule has 2 heterocycles. The molecular weight excluding hydrogens is 252 g/mol. The molecule has 1 aromatic rings. The number of hydrogen-bond acceptors (Lipinski definition) is 4. The maximum atomic E-state index is 5.44. The molecule has 2 aliphatic rings. The van der Waals surface area contributed by atoms with Crippen molar-refractivity contribution in [3.8, 4) is 11.5 Å². The van der Waals surface area contributed by atoms with Crippen molar-refractivity contribution in [1.29, 1.82) is 0 Å². The van der Waals surface area contributed by atoms with Gasteiger partial charge in [-0.25, -0.2) is 0 Å². The highest BCUT2D eigenvalue weighted by molar-refractivity contribution is 5.44. The third-order valence-electron chi connectivity index (χ3n) is 4.45. The van der Waals surface area contributed by atoms with Crippen LogP contribution in [-0.4, -0.2) is 43.4 Å². The molecule has 1 aromatic carbocycles. The van der Waals surface area contributed by atoms with Crippen molar-refractivity contribution in [2.45, 2.75) is 38.8 Å². The molecule has 1 saturated heterocycles. The Bertz CT molecular complexity index is 460. The first-order valence-corrected chi connectivity index (χ1v) is 7.63. The van der Waals surface area contributed by atoms with Crippen LogP contribution in [0.5, 0.6) is 11.5 Å². The van der Waals surface area contributed by atoms with Gasteiger partial charge < -0.3 is 14.8 Å². The van der Waals surface area contributed by atoms with E-state index in [0.717, 1.165) is 43.6 Å². The van der Waals surface area contributed by atoms with Crippen molar-refractivity contribution in [3.63, 3.8) is 0 Å². The minimum atomic E-state index is 0.355. The summed E-state index contributed by atoms with van der Waals surface area (Å²) in [4.78, 5) is 2.61. The first kappa shape index (κ1) is 13.7. The molecule has 0 saturated carbocycles. The van der Waals surface area contributed by atoms with Crippen LogP contribution < -0.4 is 14.8 Å². The van der Waals surface area contributed by atoms with Crippen molar-refractivity contribution >= 4 is 0 Å². The first-order valence-electron chi connectivity index (χ1n) is 7.63. The Morgan fingerprint density at radius 2 is 2.10 bits per heavy atom. The Morgan fingerprint density at radius 3 is 2.80 bits per heavy atom. The van der Waals surface area contributed by atoms with Gasteiger partial charge in [0.2, 0.25) is 6.79 Å². The number of ether oxygens (including phenoxy) is 2. The van der Waals surface area contributed by atoms with Crippen LogP contribution in [-0.2, 0) is 6.42 Å². The fourth-order valence-corrected chi connectivity index (χ4v) is 3.08. The van der Waals surface area contributed by atoms with Crippen LogP contribution in [0, 0.1) is 0 Å². The van der Waals surface area contributed by atoms with Crippen molar-refractivity contribution in [2.75, 3.05) is 26.4 Å². The number of aryl methyl sites for hydroxylation is 1. The molecule has 1 N–H and O–H groups in total. The second-order valence-electron chi connectivity index (χ2n) is 5.72. The van der Waals surface area contributed by atoms with Gasteiger partial charge in [-0.2, -0.15) is 0 Å². The molecule has 0 spiro atoms. The third kappa shape index (κ3) is 2.76. The third-order valence-corrected chi connectivity index (χ3v) is 4.45. The first-order chi connectivity index (χ1) is 9.78. The quantitative estimate of drug-likeness (QED) is 0.862. The highest BCUT2D eigenvalue weighted by Gasteiger charge is 2.26. The predicted molar refractivity (Wildman–Crippen MR) is 79.4 cm³/mol. The minimum Gasteiger partial charge on any atom is -0.454 e. The normalized spacial score (nSPS) is 19.1. The number of hydrogen-bond donors (Lipinski definition) is 1. The average molecular weight is 276 g/mol. The fourth-order valence-electron chi connectivity index (χ4n) is 3.08. The number of nitrogens with zero attached hydrogens (tertiary/aromatic N) is 1.